The van der Waals surface area contributed by atoms with Gasteiger partial charge in [0.2, 0.25) is 11.8 Å². The van der Waals surface area contributed by atoms with Crippen molar-refractivity contribution in [1.29, 1.82) is 0 Å². The molecule has 3 fully saturated rings. The summed E-state index contributed by atoms with van der Waals surface area (Å²) in [6.45, 7) is 2.49. The molecule has 4 rings (SSSR count). The Hall–Kier alpha value is -2.04. The summed E-state index contributed by atoms with van der Waals surface area (Å²) >= 11 is 0. The van der Waals surface area contributed by atoms with Crippen LogP contribution in [-0.2, 0) is 16.0 Å². The molecule has 2 unspecified atom stereocenters. The molecule has 3 atom stereocenters. The first-order valence-electron chi connectivity index (χ1n) is 9.84. The number of carbonyl (C=O) groups is 2. The van der Waals surface area contributed by atoms with E-state index in [1.807, 2.05) is 24.3 Å². The zero-order valence-corrected chi connectivity index (χ0v) is 15.5. The van der Waals surface area contributed by atoms with Gasteiger partial charge in [-0.15, -0.1) is 0 Å². The van der Waals surface area contributed by atoms with E-state index in [1.54, 1.807) is 7.11 Å². The van der Waals surface area contributed by atoms with Crippen LogP contribution in [0.5, 0.6) is 5.75 Å². The second kappa shape index (κ2) is 7.29. The normalized spacial score (nSPS) is 27.9. The van der Waals surface area contributed by atoms with Gasteiger partial charge in [0.25, 0.3) is 0 Å². The Labute approximate surface area is 155 Å². The summed E-state index contributed by atoms with van der Waals surface area (Å²) in [4.78, 5) is 29.2. The van der Waals surface area contributed by atoms with Crippen molar-refractivity contribution in [3.63, 3.8) is 0 Å². The van der Waals surface area contributed by atoms with Crippen molar-refractivity contribution in [2.45, 2.75) is 44.6 Å². The molecule has 3 aliphatic rings. The lowest BCUT2D eigenvalue weighted by Crippen LogP contribution is -2.61. The van der Waals surface area contributed by atoms with Gasteiger partial charge < -0.3 is 14.5 Å². The molecular formula is C21H28N2O3. The number of likely N-dealkylation sites (tertiary alicyclic amines) is 1. The predicted molar refractivity (Wildman–Crippen MR) is 98.8 cm³/mol. The highest BCUT2D eigenvalue weighted by molar-refractivity contribution is 5.78. The molecule has 140 valence electrons. The summed E-state index contributed by atoms with van der Waals surface area (Å²) in [7, 11) is 1.66. The third-order valence-electron chi connectivity index (χ3n) is 6.32. The number of aryl methyl sites for hydroxylation is 1. The molecule has 2 bridgehead atoms. The van der Waals surface area contributed by atoms with Crippen LogP contribution >= 0.6 is 0 Å². The summed E-state index contributed by atoms with van der Waals surface area (Å²) in [6.07, 6.45) is 5.32. The summed E-state index contributed by atoms with van der Waals surface area (Å²) < 4.78 is 5.18. The third-order valence-corrected chi connectivity index (χ3v) is 6.32. The molecule has 5 heteroatoms. The first-order chi connectivity index (χ1) is 12.6. The maximum Gasteiger partial charge on any atom is 0.222 e. The Bertz CT molecular complexity index is 672. The Kier molecular flexibility index (Phi) is 4.88. The number of piperidine rings is 3. The molecular weight excluding hydrogens is 328 g/mol. The van der Waals surface area contributed by atoms with E-state index >= 15 is 0 Å². The fourth-order valence-electron chi connectivity index (χ4n) is 5.02. The van der Waals surface area contributed by atoms with E-state index in [0.717, 1.165) is 44.6 Å². The fraction of sp³-hybridized carbons (Fsp3) is 0.619. The second-order valence-electron chi connectivity index (χ2n) is 8.01. The van der Waals surface area contributed by atoms with Gasteiger partial charge in [-0.2, -0.15) is 0 Å². The van der Waals surface area contributed by atoms with Crippen LogP contribution in [-0.4, -0.2) is 54.4 Å². The van der Waals surface area contributed by atoms with E-state index in [9.17, 15) is 9.59 Å². The molecule has 1 aromatic carbocycles. The minimum atomic E-state index is 0.256. The van der Waals surface area contributed by atoms with Crippen molar-refractivity contribution in [3.05, 3.63) is 29.8 Å². The number of carbonyl (C=O) groups excluding carboxylic acids is 2. The maximum atomic E-state index is 12.8. The molecule has 3 aliphatic heterocycles. The largest absolute Gasteiger partial charge is 0.497 e. The molecule has 2 amide bonds. The lowest BCUT2D eigenvalue weighted by molar-refractivity contribution is -0.148. The lowest BCUT2D eigenvalue weighted by Gasteiger charge is -2.52. The van der Waals surface area contributed by atoms with Gasteiger partial charge in [-0.3, -0.25) is 9.59 Å². The van der Waals surface area contributed by atoms with E-state index < -0.39 is 0 Å². The molecule has 0 saturated carbocycles. The topological polar surface area (TPSA) is 49.9 Å². The van der Waals surface area contributed by atoms with Gasteiger partial charge in [0, 0.05) is 38.5 Å². The van der Waals surface area contributed by atoms with Crippen LogP contribution in [0.4, 0.5) is 0 Å². The Balaban J connectivity index is 1.35. The van der Waals surface area contributed by atoms with E-state index in [0.29, 0.717) is 36.6 Å². The maximum absolute atomic E-state index is 12.8. The van der Waals surface area contributed by atoms with Gasteiger partial charge in [0.1, 0.15) is 5.75 Å². The van der Waals surface area contributed by atoms with Crippen molar-refractivity contribution in [2.75, 3.05) is 26.7 Å². The molecule has 0 radical (unpaired) electrons. The van der Waals surface area contributed by atoms with Gasteiger partial charge in [0.05, 0.1) is 7.11 Å². The van der Waals surface area contributed by atoms with E-state index in [-0.39, 0.29) is 5.91 Å². The van der Waals surface area contributed by atoms with Gasteiger partial charge >= 0.3 is 0 Å². The number of rotatable bonds is 4. The summed E-state index contributed by atoms with van der Waals surface area (Å²) in [5.41, 5.74) is 1.17. The standard InChI is InChI=1S/C21H28N2O3/c1-26-18-8-5-15(6-9-18)7-10-20(24)22-12-16-11-17(14-22)19-3-2-4-21(25)23(19)13-16/h5-6,8-9,16-17,19H,2-4,7,10-14H2,1H3/t16?,17?,19-/m1/s1. The van der Waals surface area contributed by atoms with Crippen molar-refractivity contribution < 1.29 is 14.3 Å². The first kappa shape index (κ1) is 17.4. The number of hydrogen-bond donors (Lipinski definition) is 0. The number of benzene rings is 1. The van der Waals surface area contributed by atoms with E-state index in [1.165, 1.54) is 12.0 Å². The van der Waals surface area contributed by atoms with Gasteiger partial charge in [-0.1, -0.05) is 12.1 Å². The van der Waals surface area contributed by atoms with Gasteiger partial charge in [0.15, 0.2) is 0 Å². The zero-order chi connectivity index (χ0) is 18.1. The van der Waals surface area contributed by atoms with Crippen molar-refractivity contribution in [3.8, 4) is 5.75 Å². The average Bonchev–Trinajstić information content (AvgIpc) is 2.67. The lowest BCUT2D eigenvalue weighted by atomic mass is 9.76. The quantitative estimate of drug-likeness (QED) is 0.833. The highest BCUT2D eigenvalue weighted by atomic mass is 16.5. The van der Waals surface area contributed by atoms with Crippen LogP contribution in [0, 0.1) is 11.8 Å². The van der Waals surface area contributed by atoms with Gasteiger partial charge in [-0.05, 0) is 55.2 Å². The van der Waals surface area contributed by atoms with Crippen molar-refractivity contribution in [2.24, 2.45) is 11.8 Å². The molecule has 26 heavy (non-hydrogen) atoms. The molecule has 5 nitrogen and oxygen atoms in total. The van der Waals surface area contributed by atoms with Crippen LogP contribution in [0.3, 0.4) is 0 Å². The third kappa shape index (κ3) is 3.44. The highest BCUT2D eigenvalue weighted by Gasteiger charge is 2.44. The second-order valence-corrected chi connectivity index (χ2v) is 8.01. The Morgan fingerprint density at radius 1 is 1.19 bits per heavy atom. The van der Waals surface area contributed by atoms with Crippen LogP contribution in [0.2, 0.25) is 0 Å². The van der Waals surface area contributed by atoms with Crippen LogP contribution < -0.4 is 4.74 Å². The molecule has 0 N–H and O–H groups in total. The molecule has 3 saturated heterocycles. The summed E-state index contributed by atoms with van der Waals surface area (Å²) in [5.74, 6) is 2.35. The first-order valence-corrected chi connectivity index (χ1v) is 9.84. The number of ether oxygens (including phenoxy) is 1. The minimum Gasteiger partial charge on any atom is -0.497 e. The van der Waals surface area contributed by atoms with Crippen LogP contribution in [0.1, 0.15) is 37.7 Å². The monoisotopic (exact) mass is 356 g/mol. The molecule has 3 heterocycles. The Morgan fingerprint density at radius 2 is 2.00 bits per heavy atom. The fourth-order valence-corrected chi connectivity index (χ4v) is 5.02. The van der Waals surface area contributed by atoms with E-state index in [4.69, 9.17) is 4.74 Å². The Morgan fingerprint density at radius 3 is 2.77 bits per heavy atom. The SMILES string of the molecule is COc1ccc(CCC(=O)N2CC3CC(C2)[C@H]2CCCC(=O)N2C3)cc1. The number of fused-ring (bicyclic) bond motifs is 4. The molecule has 1 aromatic rings. The number of nitrogens with zero attached hydrogens (tertiary/aromatic N) is 2. The zero-order valence-electron chi connectivity index (χ0n) is 15.5. The number of hydrogen-bond acceptors (Lipinski definition) is 3. The summed E-state index contributed by atoms with van der Waals surface area (Å²) in [5, 5.41) is 0. The highest BCUT2D eigenvalue weighted by Crippen LogP contribution is 2.38. The van der Waals surface area contributed by atoms with Crippen molar-refractivity contribution >= 4 is 11.8 Å². The van der Waals surface area contributed by atoms with Gasteiger partial charge in [-0.25, -0.2) is 0 Å². The molecule has 0 aromatic heterocycles. The van der Waals surface area contributed by atoms with Crippen LogP contribution in [0.15, 0.2) is 24.3 Å². The minimum absolute atomic E-state index is 0.256. The van der Waals surface area contributed by atoms with E-state index in [2.05, 4.69) is 9.80 Å². The smallest absolute Gasteiger partial charge is 0.222 e. The number of methoxy groups -OCH3 is 1. The number of amides is 2. The average molecular weight is 356 g/mol. The van der Waals surface area contributed by atoms with Crippen LogP contribution in [0.25, 0.3) is 0 Å². The summed E-state index contributed by atoms with van der Waals surface area (Å²) in [6, 6.07) is 8.31. The molecule has 0 spiro atoms. The van der Waals surface area contributed by atoms with Crippen molar-refractivity contribution in [1.82, 2.24) is 9.80 Å². The predicted octanol–water partition coefficient (Wildman–Crippen LogP) is 2.49. The molecule has 0 aliphatic carbocycles.